The zero-order valence-electron chi connectivity index (χ0n) is 42.1. The number of rotatable bonds is 23. The average Bonchev–Trinajstić information content (AvgIpc) is 3.27. The molecule has 2 fully saturated rings. The van der Waals surface area contributed by atoms with Gasteiger partial charge in [-0.25, -0.2) is 0 Å². The summed E-state index contributed by atoms with van der Waals surface area (Å²) < 4.78 is 43.0. The van der Waals surface area contributed by atoms with Crippen molar-refractivity contribution in [3.63, 3.8) is 0 Å². The van der Waals surface area contributed by atoms with E-state index in [1.807, 2.05) is 12.1 Å². The molecule has 65 heavy (non-hydrogen) atoms. The van der Waals surface area contributed by atoms with Gasteiger partial charge in [0.05, 0.1) is 50.3 Å². The zero-order chi connectivity index (χ0) is 47.2. The molecule has 0 aromatic heterocycles. The maximum absolute atomic E-state index is 7.61. The highest BCUT2D eigenvalue weighted by Gasteiger charge is 2.51. The summed E-state index contributed by atoms with van der Waals surface area (Å²) in [6, 6.07) is 30.1. The van der Waals surface area contributed by atoms with Crippen LogP contribution < -0.4 is 15.1 Å². The van der Waals surface area contributed by atoms with Gasteiger partial charge in [-0.1, -0.05) is 184 Å². The molecule has 0 bridgehead atoms. The number of halogens is 1. The van der Waals surface area contributed by atoms with E-state index in [4.69, 9.17) is 27.8 Å². The fraction of sp³-hybridized carbons (Fsp3) is 0.607. The van der Waals surface area contributed by atoms with Gasteiger partial charge in [0.25, 0.3) is 8.32 Å². The average molecular weight is 1040 g/mol. The minimum atomic E-state index is -2.67. The second-order valence-electron chi connectivity index (χ2n) is 21.2. The van der Waals surface area contributed by atoms with Gasteiger partial charge in [-0.05, 0) is 117 Å². The van der Waals surface area contributed by atoms with E-state index in [-0.39, 0.29) is 47.6 Å². The summed E-state index contributed by atoms with van der Waals surface area (Å²) in [4.78, 5) is 0. The topological polar surface area (TPSA) is 55.4 Å². The van der Waals surface area contributed by atoms with Crippen molar-refractivity contribution in [2.75, 3.05) is 13.7 Å². The first kappa shape index (κ1) is 53.9. The molecule has 3 aromatic rings. The second-order valence-corrected chi connectivity index (χ2v) is 31.6. The summed E-state index contributed by atoms with van der Waals surface area (Å²) in [6.45, 7) is 27.3. The van der Waals surface area contributed by atoms with Gasteiger partial charge in [0.2, 0.25) is 8.32 Å². The van der Waals surface area contributed by atoms with Crippen molar-refractivity contribution >= 4 is 49.6 Å². The normalized spacial score (nSPS) is 22.9. The first-order valence-corrected chi connectivity index (χ1v) is 30.2. The van der Waals surface area contributed by atoms with Crippen LogP contribution in [-0.2, 0) is 29.7 Å². The van der Waals surface area contributed by atoms with Crippen molar-refractivity contribution in [3.8, 4) is 5.75 Å². The predicted octanol–water partition coefficient (Wildman–Crippen LogP) is 14.2. The highest BCUT2D eigenvalue weighted by molar-refractivity contribution is 14.1. The van der Waals surface area contributed by atoms with Gasteiger partial charge < -0.3 is 27.8 Å². The van der Waals surface area contributed by atoms with Crippen LogP contribution in [0.4, 0.5) is 0 Å². The third-order valence-corrected chi connectivity index (χ3v) is 26.0. The van der Waals surface area contributed by atoms with Crippen molar-refractivity contribution < 1.29 is 27.8 Å². The van der Waals surface area contributed by atoms with Crippen molar-refractivity contribution in [1.82, 2.24) is 0 Å². The Morgan fingerprint density at radius 2 is 1.28 bits per heavy atom. The summed E-state index contributed by atoms with van der Waals surface area (Å²) in [5.74, 6) is 1.50. The lowest BCUT2D eigenvalue weighted by Crippen LogP contribution is -2.66. The van der Waals surface area contributed by atoms with Crippen molar-refractivity contribution in [2.45, 2.75) is 192 Å². The Bertz CT molecular complexity index is 1800. The van der Waals surface area contributed by atoms with E-state index in [0.717, 1.165) is 56.3 Å². The standard InChI is InChI=1S/C56H85IO6Si2/c1-41(2)64(42(3)4,43(5)6)63-52-38-50(33-35-60-65(56(9,10)11,53-22-15-13-16-23-53)54-24-17-14-18-25-54)62-51(39-52)37-49-21-19-20-48(61-49)36-44(7)26-27-45(8)55(32-34-57)59-40-46-28-30-47(58-12)31-29-46/h13-18,22-32,34,41-45,48-52,55H,19-21,33,35-40H2,1-12H3/b27-26+,34-32+/t44-,45-,48+,49-,50+,51-,52-,55-/m0/s1. The number of benzene rings is 3. The Kier molecular flexibility index (Phi) is 21.1. The summed E-state index contributed by atoms with van der Waals surface area (Å²) in [5, 5.41) is 2.56. The lowest BCUT2D eigenvalue weighted by atomic mass is 9.91. The number of methoxy groups -OCH3 is 1. The smallest absolute Gasteiger partial charge is 0.261 e. The second kappa shape index (κ2) is 25.5. The van der Waals surface area contributed by atoms with E-state index >= 15 is 0 Å². The number of hydrogen-bond donors (Lipinski definition) is 0. The number of ether oxygens (including phenoxy) is 4. The molecule has 0 spiro atoms. The molecule has 360 valence electrons. The molecule has 0 saturated carbocycles. The molecule has 2 saturated heterocycles. The van der Waals surface area contributed by atoms with Crippen LogP contribution in [0.1, 0.15) is 133 Å². The van der Waals surface area contributed by atoms with Crippen LogP contribution in [0, 0.1) is 11.8 Å². The summed E-state index contributed by atoms with van der Waals surface area (Å²) in [7, 11) is -3.09. The third-order valence-electron chi connectivity index (χ3n) is 14.4. The highest BCUT2D eigenvalue weighted by Crippen LogP contribution is 2.45. The van der Waals surface area contributed by atoms with Crippen LogP contribution in [0.15, 0.2) is 107 Å². The molecule has 5 rings (SSSR count). The molecule has 0 unspecified atom stereocenters. The van der Waals surface area contributed by atoms with Crippen LogP contribution in [0.25, 0.3) is 0 Å². The Morgan fingerprint density at radius 1 is 0.708 bits per heavy atom. The van der Waals surface area contributed by atoms with Gasteiger partial charge in [-0.15, -0.1) is 0 Å². The molecule has 0 N–H and O–H groups in total. The zero-order valence-corrected chi connectivity index (χ0v) is 46.3. The Morgan fingerprint density at radius 3 is 1.83 bits per heavy atom. The van der Waals surface area contributed by atoms with Crippen molar-refractivity contribution in [3.05, 3.63) is 113 Å². The molecule has 0 aliphatic carbocycles. The van der Waals surface area contributed by atoms with Gasteiger partial charge in [-0.3, -0.25) is 0 Å². The first-order valence-electron chi connectivity index (χ1n) is 25.0. The van der Waals surface area contributed by atoms with Gasteiger partial charge in [0.1, 0.15) is 5.75 Å². The monoisotopic (exact) mass is 1040 g/mol. The maximum Gasteiger partial charge on any atom is 0.261 e. The quantitative estimate of drug-likeness (QED) is 0.0536. The molecule has 0 radical (unpaired) electrons. The van der Waals surface area contributed by atoms with Gasteiger partial charge in [0.15, 0.2) is 0 Å². The lowest BCUT2D eigenvalue weighted by molar-refractivity contribution is -0.131. The van der Waals surface area contributed by atoms with Crippen LogP contribution >= 0.6 is 22.6 Å². The molecule has 2 aliphatic heterocycles. The fourth-order valence-electron chi connectivity index (χ4n) is 11.3. The van der Waals surface area contributed by atoms with Gasteiger partial charge in [-0.2, -0.15) is 0 Å². The molecule has 9 heteroatoms. The Balaban J connectivity index is 1.26. The molecule has 3 aromatic carbocycles. The van der Waals surface area contributed by atoms with Crippen LogP contribution in [0.5, 0.6) is 5.75 Å². The van der Waals surface area contributed by atoms with E-state index in [1.165, 1.54) is 16.8 Å². The molecule has 0 amide bonds. The third kappa shape index (κ3) is 14.5. The fourth-order valence-corrected chi connectivity index (χ4v) is 21.8. The molecule has 6 nitrogen and oxygen atoms in total. The maximum atomic E-state index is 7.61. The SMILES string of the molecule is COc1ccc(CO[C@@H](/C=C/I)[C@@H](C)/C=C/[C@H](C)C[C@H]2CCC[C@@H](C[C@H]3C[C@@H](O[Si](C(C)C)(C(C)C)C(C)C)C[C@@H](CCO[Si](c4ccccc4)(c4ccccc4)C(C)(C)C)O3)O2)cc1. The predicted molar refractivity (Wildman–Crippen MR) is 286 cm³/mol. The van der Waals surface area contributed by atoms with Crippen LogP contribution in [-0.4, -0.2) is 67.0 Å². The number of allylic oxidation sites excluding steroid dienone is 1. The van der Waals surface area contributed by atoms with Crippen LogP contribution in [0.2, 0.25) is 21.7 Å². The minimum Gasteiger partial charge on any atom is -0.497 e. The molecular formula is C56H85IO6Si2. The van der Waals surface area contributed by atoms with Gasteiger partial charge >= 0.3 is 0 Å². The molecular weight excluding hydrogens is 952 g/mol. The van der Waals surface area contributed by atoms with E-state index < -0.39 is 16.6 Å². The minimum absolute atomic E-state index is 0.00303. The summed E-state index contributed by atoms with van der Waals surface area (Å²) >= 11 is 2.29. The first-order chi connectivity index (χ1) is 31.0. The summed E-state index contributed by atoms with van der Waals surface area (Å²) in [6.07, 6.45) is 15.6. The molecule has 2 aliphatic rings. The largest absolute Gasteiger partial charge is 0.497 e. The highest BCUT2D eigenvalue weighted by atomic mass is 127. The Labute approximate surface area is 411 Å². The van der Waals surface area contributed by atoms with Gasteiger partial charge in [0, 0.05) is 12.5 Å². The van der Waals surface area contributed by atoms with Crippen molar-refractivity contribution in [1.29, 1.82) is 0 Å². The van der Waals surface area contributed by atoms with E-state index in [1.54, 1.807) is 7.11 Å². The lowest BCUT2D eigenvalue weighted by Gasteiger charge is -2.48. The Hall–Kier alpha value is -2.10. The van der Waals surface area contributed by atoms with E-state index in [0.29, 0.717) is 35.8 Å². The molecule has 8 atom stereocenters. The number of hydrogen-bond acceptors (Lipinski definition) is 6. The van der Waals surface area contributed by atoms with Crippen molar-refractivity contribution in [2.24, 2.45) is 11.8 Å². The van der Waals surface area contributed by atoms with Crippen LogP contribution in [0.3, 0.4) is 0 Å². The van der Waals surface area contributed by atoms with E-state index in [2.05, 4.69) is 194 Å². The molecule has 2 heterocycles. The summed E-state index contributed by atoms with van der Waals surface area (Å²) in [5.41, 5.74) is 2.73. The van der Waals surface area contributed by atoms with E-state index in [9.17, 15) is 0 Å².